The van der Waals surface area contributed by atoms with E-state index in [2.05, 4.69) is 22.0 Å². The highest BCUT2D eigenvalue weighted by Crippen LogP contribution is 2.36. The zero-order valence-corrected chi connectivity index (χ0v) is 19.4. The number of alkyl halides is 2. The van der Waals surface area contributed by atoms with Gasteiger partial charge in [0.15, 0.2) is 5.75 Å². The summed E-state index contributed by atoms with van der Waals surface area (Å²) in [6.07, 6.45) is -2.19. The number of anilines is 2. The van der Waals surface area contributed by atoms with Crippen molar-refractivity contribution in [1.29, 1.82) is 0 Å². The molecule has 0 unspecified atom stereocenters. The lowest BCUT2D eigenvalue weighted by Gasteiger charge is -2.37. The molecule has 0 spiro atoms. The Morgan fingerprint density at radius 3 is 2.41 bits per heavy atom. The number of rotatable bonds is 7. The van der Waals surface area contributed by atoms with Crippen molar-refractivity contribution >= 4 is 17.4 Å². The van der Waals surface area contributed by atoms with Crippen LogP contribution in [0, 0.1) is 5.92 Å². The van der Waals surface area contributed by atoms with Gasteiger partial charge in [0, 0.05) is 17.8 Å². The minimum atomic E-state index is -3.64. The van der Waals surface area contributed by atoms with Gasteiger partial charge in [-0.3, -0.25) is 9.88 Å². The van der Waals surface area contributed by atoms with Crippen LogP contribution < -0.4 is 15.0 Å². The summed E-state index contributed by atoms with van der Waals surface area (Å²) in [5.41, 5.74) is 0.779. The Kier molecular flexibility index (Phi) is 8.06. The van der Waals surface area contributed by atoms with Crippen molar-refractivity contribution in [2.45, 2.75) is 71.0 Å². The number of halogens is 2. The first-order valence-electron chi connectivity index (χ1n) is 11.3. The van der Waals surface area contributed by atoms with E-state index in [-0.39, 0.29) is 17.6 Å². The molecule has 186 valence electrons. The summed E-state index contributed by atoms with van der Waals surface area (Å²) in [5, 5.41) is 30.3. The summed E-state index contributed by atoms with van der Waals surface area (Å²) in [5.74, 6) is 0.124. The van der Waals surface area contributed by atoms with E-state index < -0.39 is 30.1 Å². The SMILES string of the molecule is CC1CCC(N(C(=O)Nc2cnc(C(F)F)cc2OC(O)(O)O)c2ccccc2C(C)C)CC1. The Labute approximate surface area is 197 Å². The number of aliphatic hydroxyl groups is 3. The maximum Gasteiger partial charge on any atom is 0.453 e. The first-order chi connectivity index (χ1) is 16.0. The second kappa shape index (κ2) is 10.6. The highest BCUT2D eigenvalue weighted by Gasteiger charge is 2.32. The molecule has 1 aromatic carbocycles. The molecule has 1 saturated carbocycles. The summed E-state index contributed by atoms with van der Waals surface area (Å²) in [6.45, 7) is 6.23. The number of para-hydroxylation sites is 1. The molecule has 0 atom stereocenters. The third-order valence-corrected chi connectivity index (χ3v) is 5.99. The van der Waals surface area contributed by atoms with Crippen molar-refractivity contribution in [3.8, 4) is 5.75 Å². The fourth-order valence-electron chi connectivity index (χ4n) is 4.24. The number of nitrogens with one attached hydrogen (secondary N) is 1. The number of ether oxygens (including phenoxy) is 1. The number of amides is 2. The molecule has 0 saturated heterocycles. The zero-order valence-electron chi connectivity index (χ0n) is 19.4. The van der Waals surface area contributed by atoms with Crippen LogP contribution in [-0.4, -0.2) is 38.5 Å². The van der Waals surface area contributed by atoms with Crippen molar-refractivity contribution in [2.75, 3.05) is 10.2 Å². The number of carbonyl (C=O) groups excluding carboxylic acids is 1. The van der Waals surface area contributed by atoms with E-state index in [4.69, 9.17) is 0 Å². The number of hydrogen-bond donors (Lipinski definition) is 4. The number of nitrogens with zero attached hydrogens (tertiary/aromatic N) is 2. The molecule has 10 heteroatoms. The molecule has 1 fully saturated rings. The molecule has 2 aromatic rings. The lowest BCUT2D eigenvalue weighted by molar-refractivity contribution is -0.419. The second-order valence-corrected chi connectivity index (χ2v) is 9.01. The summed E-state index contributed by atoms with van der Waals surface area (Å²) in [7, 11) is 0. The highest BCUT2D eigenvalue weighted by molar-refractivity contribution is 6.03. The number of urea groups is 1. The van der Waals surface area contributed by atoms with E-state index in [0.29, 0.717) is 5.92 Å². The summed E-state index contributed by atoms with van der Waals surface area (Å²) >= 11 is 0. The molecular weight excluding hydrogens is 448 g/mol. The number of aromatic nitrogens is 1. The van der Waals surface area contributed by atoms with Gasteiger partial charge < -0.3 is 25.4 Å². The highest BCUT2D eigenvalue weighted by atomic mass is 19.3. The normalized spacial score (nSPS) is 18.8. The first kappa shape index (κ1) is 25.8. The Hall–Kier alpha value is -2.82. The largest absolute Gasteiger partial charge is 0.453 e. The predicted molar refractivity (Wildman–Crippen MR) is 123 cm³/mol. The molecule has 1 aromatic heterocycles. The van der Waals surface area contributed by atoms with E-state index in [1.165, 1.54) is 0 Å². The lowest BCUT2D eigenvalue weighted by Crippen LogP contribution is -2.45. The Balaban J connectivity index is 1.99. The van der Waals surface area contributed by atoms with Crippen LogP contribution in [0.3, 0.4) is 0 Å². The lowest BCUT2D eigenvalue weighted by atomic mass is 9.86. The van der Waals surface area contributed by atoms with Gasteiger partial charge in [0.25, 0.3) is 6.43 Å². The topological polar surface area (TPSA) is 115 Å². The van der Waals surface area contributed by atoms with Gasteiger partial charge in [0.1, 0.15) is 11.4 Å². The fourth-order valence-corrected chi connectivity index (χ4v) is 4.24. The molecule has 2 amide bonds. The van der Waals surface area contributed by atoms with Crippen LogP contribution in [-0.2, 0) is 0 Å². The van der Waals surface area contributed by atoms with Crippen LogP contribution in [0.1, 0.15) is 70.1 Å². The maximum atomic E-state index is 13.6. The second-order valence-electron chi connectivity index (χ2n) is 9.01. The van der Waals surface area contributed by atoms with Crippen molar-refractivity contribution < 1.29 is 33.6 Å². The molecule has 1 heterocycles. The van der Waals surface area contributed by atoms with Gasteiger partial charge >= 0.3 is 12.2 Å². The van der Waals surface area contributed by atoms with Crippen LogP contribution in [0.5, 0.6) is 5.75 Å². The van der Waals surface area contributed by atoms with Gasteiger partial charge in [-0.25, -0.2) is 13.6 Å². The van der Waals surface area contributed by atoms with Crippen LogP contribution >= 0.6 is 0 Å². The Bertz CT molecular complexity index is 989. The van der Waals surface area contributed by atoms with E-state index in [0.717, 1.165) is 49.2 Å². The van der Waals surface area contributed by atoms with E-state index in [1.807, 2.05) is 38.1 Å². The van der Waals surface area contributed by atoms with Gasteiger partial charge in [-0.05, 0) is 49.1 Å². The number of benzene rings is 1. The minimum absolute atomic E-state index is 0.0959. The molecular formula is C24H31F2N3O5. The quantitative estimate of drug-likeness (QED) is 0.427. The third kappa shape index (κ3) is 6.40. The average Bonchev–Trinajstić information content (AvgIpc) is 2.75. The first-order valence-corrected chi connectivity index (χ1v) is 11.3. The predicted octanol–water partition coefficient (Wildman–Crippen LogP) is 4.73. The smallest absolute Gasteiger partial charge is 0.414 e. The van der Waals surface area contributed by atoms with Crippen molar-refractivity contribution in [3.05, 3.63) is 47.8 Å². The Morgan fingerprint density at radius 1 is 1.18 bits per heavy atom. The van der Waals surface area contributed by atoms with Crippen molar-refractivity contribution in [3.63, 3.8) is 0 Å². The van der Waals surface area contributed by atoms with Crippen LogP contribution in [0.15, 0.2) is 36.5 Å². The fraction of sp³-hybridized carbons (Fsp3) is 0.500. The van der Waals surface area contributed by atoms with Gasteiger partial charge in [-0.1, -0.05) is 39.0 Å². The third-order valence-electron chi connectivity index (χ3n) is 5.99. The minimum Gasteiger partial charge on any atom is -0.414 e. The van der Waals surface area contributed by atoms with E-state index in [9.17, 15) is 28.9 Å². The van der Waals surface area contributed by atoms with Gasteiger partial charge in [-0.2, -0.15) is 0 Å². The molecule has 0 radical (unpaired) electrons. The molecule has 4 N–H and O–H groups in total. The van der Waals surface area contributed by atoms with Crippen molar-refractivity contribution in [1.82, 2.24) is 4.98 Å². The average molecular weight is 480 g/mol. The zero-order chi connectivity index (χ0) is 25.0. The number of pyridine rings is 1. The number of carbonyl (C=O) groups is 1. The summed E-state index contributed by atoms with van der Waals surface area (Å²) < 4.78 is 30.8. The Morgan fingerprint density at radius 2 is 1.82 bits per heavy atom. The standard InChI is InChI=1S/C24H31F2N3O5/c1-14(2)17-6-4-5-7-20(17)29(16-10-8-15(3)9-11-16)23(30)28-19-13-27-18(22(25)26)12-21(19)34-24(31,32)33/h4-7,12-16,22,31-33H,8-11H2,1-3H3,(H,28,30). The van der Waals surface area contributed by atoms with Crippen LogP contribution in [0.25, 0.3) is 0 Å². The summed E-state index contributed by atoms with van der Waals surface area (Å²) in [4.78, 5) is 18.9. The number of hydrogen-bond acceptors (Lipinski definition) is 6. The van der Waals surface area contributed by atoms with Crippen LogP contribution in [0.2, 0.25) is 0 Å². The van der Waals surface area contributed by atoms with Crippen molar-refractivity contribution in [2.24, 2.45) is 5.92 Å². The summed E-state index contributed by atoms with van der Waals surface area (Å²) in [6, 6.07) is 7.65. The van der Waals surface area contributed by atoms with Crippen LogP contribution in [0.4, 0.5) is 25.0 Å². The molecule has 0 aliphatic heterocycles. The van der Waals surface area contributed by atoms with E-state index in [1.54, 1.807) is 4.90 Å². The molecule has 8 nitrogen and oxygen atoms in total. The van der Waals surface area contributed by atoms with Gasteiger partial charge in [0.05, 0.1) is 6.20 Å². The molecule has 34 heavy (non-hydrogen) atoms. The van der Waals surface area contributed by atoms with Gasteiger partial charge in [0.2, 0.25) is 0 Å². The molecule has 3 rings (SSSR count). The molecule has 0 bridgehead atoms. The molecule has 1 aliphatic rings. The molecule has 1 aliphatic carbocycles. The maximum absolute atomic E-state index is 13.6. The van der Waals surface area contributed by atoms with Gasteiger partial charge in [-0.15, -0.1) is 0 Å². The monoisotopic (exact) mass is 479 g/mol. The van der Waals surface area contributed by atoms with E-state index >= 15 is 0 Å².